The molecule has 3 N–H and O–H groups in total. The number of alkyl halides is 2. The molecule has 0 aliphatic rings. The Bertz CT molecular complexity index is 930. The van der Waals surface area contributed by atoms with Crippen LogP contribution in [0.15, 0.2) is 57.5 Å². The number of guanidine groups is 1. The number of ether oxygens (including phenoxy) is 1. The molecule has 30 heavy (non-hydrogen) atoms. The van der Waals surface area contributed by atoms with Gasteiger partial charge in [0.15, 0.2) is 5.96 Å². The molecule has 2 heterocycles. The number of nitrogens with zero attached hydrogens (tertiary/aromatic N) is 2. The van der Waals surface area contributed by atoms with Crippen LogP contribution in [0.5, 0.6) is 5.75 Å². The van der Waals surface area contributed by atoms with Crippen LogP contribution in [0.25, 0.3) is 10.8 Å². The molecule has 0 saturated heterocycles. The minimum Gasteiger partial charge on any atom is -0.443 e. The maximum Gasteiger partial charge on any atom is 0.387 e. The van der Waals surface area contributed by atoms with Gasteiger partial charge in [-0.3, -0.25) is 0 Å². The van der Waals surface area contributed by atoms with Crippen molar-refractivity contribution in [2.45, 2.75) is 26.2 Å². The van der Waals surface area contributed by atoms with E-state index in [-0.39, 0.29) is 12.3 Å². The molecule has 0 fully saturated rings. The monoisotopic (exact) mass is 436 g/mol. The fourth-order valence-corrected chi connectivity index (χ4v) is 3.23. The third-order valence-electron chi connectivity index (χ3n) is 3.98. The predicted octanol–water partition coefficient (Wildman–Crippen LogP) is 3.79. The number of hydrogen-bond acceptors (Lipinski definition) is 6. The lowest BCUT2D eigenvalue weighted by Crippen LogP contribution is -2.39. The second-order valence-electron chi connectivity index (χ2n) is 6.16. The minimum absolute atomic E-state index is 0.0401. The summed E-state index contributed by atoms with van der Waals surface area (Å²) >= 11 is 1.55. The molecule has 3 aromatic rings. The summed E-state index contributed by atoms with van der Waals surface area (Å²) in [5.41, 5.74) is 1.25. The molecule has 160 valence electrons. The van der Waals surface area contributed by atoms with Crippen LogP contribution in [0.4, 0.5) is 8.78 Å². The molecule has 0 aliphatic carbocycles. The van der Waals surface area contributed by atoms with Crippen LogP contribution in [0.3, 0.4) is 0 Å². The summed E-state index contributed by atoms with van der Waals surface area (Å²) in [7, 11) is 0. The molecule has 0 bridgehead atoms. The van der Waals surface area contributed by atoms with E-state index in [1.165, 1.54) is 24.3 Å². The fraction of sp³-hybridized carbons (Fsp3) is 0.300. The van der Waals surface area contributed by atoms with Crippen LogP contribution in [0.2, 0.25) is 0 Å². The standard InChI is InChI=1S/C20H22F2N4O3S/c1-2-23-20(24-10-14-12-28-18(26-14)17-4-3-9-30-17)25-11-16(27)13-5-7-15(8-6-13)29-19(21)22/h3-9,12,16,19,27H,2,10-11H2,1H3,(H2,23,24,25). The lowest BCUT2D eigenvalue weighted by molar-refractivity contribution is -0.0498. The van der Waals surface area contributed by atoms with Gasteiger partial charge in [-0.25, -0.2) is 9.98 Å². The molecule has 0 aliphatic heterocycles. The summed E-state index contributed by atoms with van der Waals surface area (Å²) in [5, 5.41) is 18.4. The van der Waals surface area contributed by atoms with Crippen LogP contribution in [-0.2, 0) is 6.54 Å². The number of benzene rings is 1. The van der Waals surface area contributed by atoms with Gasteiger partial charge in [-0.1, -0.05) is 18.2 Å². The van der Waals surface area contributed by atoms with E-state index in [4.69, 9.17) is 4.42 Å². The van der Waals surface area contributed by atoms with Gasteiger partial charge < -0.3 is 24.9 Å². The Morgan fingerprint density at radius 2 is 2.07 bits per heavy atom. The Balaban J connectivity index is 1.55. The van der Waals surface area contributed by atoms with Crippen molar-refractivity contribution in [2.24, 2.45) is 4.99 Å². The van der Waals surface area contributed by atoms with E-state index >= 15 is 0 Å². The van der Waals surface area contributed by atoms with E-state index in [2.05, 4.69) is 25.3 Å². The van der Waals surface area contributed by atoms with Crippen LogP contribution < -0.4 is 15.4 Å². The molecule has 0 radical (unpaired) electrons. The zero-order chi connectivity index (χ0) is 21.3. The first-order valence-corrected chi connectivity index (χ1v) is 10.2. The molecule has 1 aromatic carbocycles. The highest BCUT2D eigenvalue weighted by Crippen LogP contribution is 2.23. The number of hydrogen-bond donors (Lipinski definition) is 3. The van der Waals surface area contributed by atoms with Crippen LogP contribution >= 0.6 is 11.3 Å². The largest absolute Gasteiger partial charge is 0.443 e. The molecule has 0 spiro atoms. The van der Waals surface area contributed by atoms with Crippen LogP contribution in [0.1, 0.15) is 24.3 Å². The maximum absolute atomic E-state index is 12.2. The first-order valence-electron chi connectivity index (χ1n) is 9.28. The average Bonchev–Trinajstić information content (AvgIpc) is 3.41. The number of halogens is 2. The molecular formula is C20H22F2N4O3S. The van der Waals surface area contributed by atoms with E-state index in [9.17, 15) is 13.9 Å². The first-order chi connectivity index (χ1) is 14.5. The molecule has 7 nitrogen and oxygen atoms in total. The molecular weight excluding hydrogens is 414 g/mol. The highest BCUT2D eigenvalue weighted by atomic mass is 32.1. The SMILES string of the molecule is CCNC(=NCc1coc(-c2cccs2)n1)NCC(O)c1ccc(OC(F)F)cc1. The number of aliphatic hydroxyl groups is 1. The average molecular weight is 436 g/mol. The van der Waals surface area contributed by atoms with Crippen LogP contribution in [0, 0.1) is 0 Å². The van der Waals surface area contributed by atoms with E-state index < -0.39 is 12.7 Å². The Labute approximate surface area is 176 Å². The van der Waals surface area contributed by atoms with Crippen molar-refractivity contribution in [3.8, 4) is 16.5 Å². The summed E-state index contributed by atoms with van der Waals surface area (Å²) in [5.74, 6) is 1.11. The molecule has 3 rings (SSSR count). The highest BCUT2D eigenvalue weighted by molar-refractivity contribution is 7.13. The normalized spacial score (nSPS) is 12.8. The van der Waals surface area contributed by atoms with Gasteiger partial charge in [0.1, 0.15) is 17.7 Å². The van der Waals surface area contributed by atoms with Gasteiger partial charge in [-0.05, 0) is 36.1 Å². The second kappa shape index (κ2) is 10.7. The number of nitrogens with one attached hydrogen (secondary N) is 2. The molecule has 0 amide bonds. The third-order valence-corrected chi connectivity index (χ3v) is 4.84. The first kappa shape index (κ1) is 21.7. The van der Waals surface area contributed by atoms with E-state index in [1.807, 2.05) is 24.4 Å². The number of rotatable bonds is 9. The minimum atomic E-state index is -2.88. The molecule has 0 saturated carbocycles. The van der Waals surface area contributed by atoms with E-state index in [1.54, 1.807) is 17.6 Å². The van der Waals surface area contributed by atoms with Crippen LogP contribution in [-0.4, -0.2) is 35.8 Å². The van der Waals surface area contributed by atoms with Gasteiger partial charge in [-0.15, -0.1) is 11.3 Å². The van der Waals surface area contributed by atoms with Crippen molar-refractivity contribution < 1.29 is 23.0 Å². The van der Waals surface area contributed by atoms with Gasteiger partial charge in [0, 0.05) is 13.1 Å². The van der Waals surface area contributed by atoms with Crippen molar-refractivity contribution in [3.05, 3.63) is 59.3 Å². The number of thiophene rings is 1. The van der Waals surface area contributed by atoms with Gasteiger partial charge in [0.2, 0.25) is 5.89 Å². The van der Waals surface area contributed by atoms with E-state index in [0.717, 1.165) is 4.88 Å². The quantitative estimate of drug-likeness (QED) is 0.349. The maximum atomic E-state index is 12.2. The summed E-state index contributed by atoms with van der Waals surface area (Å²) in [6.45, 7) is 0.175. The Morgan fingerprint density at radius 3 is 2.73 bits per heavy atom. The Morgan fingerprint density at radius 1 is 1.27 bits per heavy atom. The zero-order valence-corrected chi connectivity index (χ0v) is 17.0. The number of aromatic nitrogens is 1. The van der Waals surface area contributed by atoms with Gasteiger partial charge >= 0.3 is 6.61 Å². The lowest BCUT2D eigenvalue weighted by atomic mass is 10.1. The third kappa shape index (κ3) is 6.26. The zero-order valence-electron chi connectivity index (χ0n) is 16.2. The molecule has 1 atom stereocenters. The Kier molecular flexibility index (Phi) is 7.75. The van der Waals surface area contributed by atoms with Crippen molar-refractivity contribution in [2.75, 3.05) is 13.1 Å². The highest BCUT2D eigenvalue weighted by Gasteiger charge is 2.11. The Hall–Kier alpha value is -2.98. The second-order valence-corrected chi connectivity index (χ2v) is 7.11. The number of aliphatic hydroxyl groups excluding tert-OH is 1. The smallest absolute Gasteiger partial charge is 0.387 e. The van der Waals surface area contributed by atoms with E-state index in [0.29, 0.717) is 36.2 Å². The van der Waals surface area contributed by atoms with Crippen molar-refractivity contribution in [1.82, 2.24) is 15.6 Å². The predicted molar refractivity (Wildman–Crippen MR) is 111 cm³/mol. The summed E-state index contributed by atoms with van der Waals surface area (Å²) in [6, 6.07) is 9.72. The number of aliphatic imine (C=N–C) groups is 1. The van der Waals surface area contributed by atoms with Gasteiger partial charge in [0.25, 0.3) is 0 Å². The molecule has 2 aromatic heterocycles. The topological polar surface area (TPSA) is 91.9 Å². The van der Waals surface area contributed by atoms with Crippen molar-refractivity contribution in [1.29, 1.82) is 0 Å². The lowest BCUT2D eigenvalue weighted by Gasteiger charge is -2.16. The van der Waals surface area contributed by atoms with Gasteiger partial charge in [0.05, 0.1) is 17.5 Å². The summed E-state index contributed by atoms with van der Waals surface area (Å²) < 4.78 is 34.2. The molecule has 1 unspecified atom stereocenters. The van der Waals surface area contributed by atoms with Gasteiger partial charge in [-0.2, -0.15) is 8.78 Å². The fourth-order valence-electron chi connectivity index (χ4n) is 2.58. The van der Waals surface area contributed by atoms with Crippen molar-refractivity contribution >= 4 is 17.3 Å². The molecule has 10 heteroatoms. The number of oxazole rings is 1. The summed E-state index contributed by atoms with van der Waals surface area (Å²) in [6.07, 6.45) is 0.715. The van der Waals surface area contributed by atoms with Crippen molar-refractivity contribution in [3.63, 3.8) is 0 Å². The summed E-state index contributed by atoms with van der Waals surface area (Å²) in [4.78, 5) is 9.82.